The summed E-state index contributed by atoms with van der Waals surface area (Å²) in [5.41, 5.74) is 1.19. The maximum absolute atomic E-state index is 13.7. The van der Waals surface area contributed by atoms with Crippen molar-refractivity contribution < 1.29 is 28.2 Å². The van der Waals surface area contributed by atoms with Crippen molar-refractivity contribution in [2.45, 2.75) is 70.6 Å². The summed E-state index contributed by atoms with van der Waals surface area (Å²) in [6, 6.07) is 9.10. The number of nitrogens with one attached hydrogen (secondary N) is 2. The molecule has 0 saturated heterocycles. The number of amides is 3. The molecule has 1 fully saturated rings. The maximum atomic E-state index is 13.7. The van der Waals surface area contributed by atoms with Crippen LogP contribution in [0.2, 0.25) is 0 Å². The Morgan fingerprint density at radius 2 is 1.69 bits per heavy atom. The van der Waals surface area contributed by atoms with Crippen LogP contribution in [0.25, 0.3) is 0 Å². The summed E-state index contributed by atoms with van der Waals surface area (Å²) in [6.45, 7) is 3.80. The van der Waals surface area contributed by atoms with Gasteiger partial charge in [0.05, 0.1) is 0 Å². The van der Waals surface area contributed by atoms with Crippen molar-refractivity contribution in [2.75, 3.05) is 6.79 Å². The van der Waals surface area contributed by atoms with E-state index in [-0.39, 0.29) is 19.4 Å². The molecule has 0 aromatic heterocycles. The third-order valence-corrected chi connectivity index (χ3v) is 6.54. The van der Waals surface area contributed by atoms with Gasteiger partial charge in [0.2, 0.25) is 12.7 Å². The van der Waals surface area contributed by atoms with Gasteiger partial charge in [0.1, 0.15) is 11.9 Å². The summed E-state index contributed by atoms with van der Waals surface area (Å²) < 4.78 is 24.4. The van der Waals surface area contributed by atoms with Crippen LogP contribution in [0.1, 0.15) is 63.1 Å². The van der Waals surface area contributed by atoms with Crippen LogP contribution >= 0.6 is 0 Å². The number of benzene rings is 2. The fourth-order valence-electron chi connectivity index (χ4n) is 4.68. The summed E-state index contributed by atoms with van der Waals surface area (Å²) in [6.07, 6.45) is 4.80. The third-order valence-electron chi connectivity index (χ3n) is 6.54. The Balaban J connectivity index is 1.55. The predicted molar refractivity (Wildman–Crippen MR) is 131 cm³/mol. The summed E-state index contributed by atoms with van der Waals surface area (Å²) in [7, 11) is 0. The van der Waals surface area contributed by atoms with Crippen LogP contribution in [0.3, 0.4) is 0 Å². The highest BCUT2D eigenvalue weighted by Crippen LogP contribution is 2.32. The first kappa shape index (κ1) is 25.5. The first-order valence-electron chi connectivity index (χ1n) is 12.4. The molecule has 2 N–H and O–H groups in total. The van der Waals surface area contributed by atoms with Crippen LogP contribution in [0.4, 0.5) is 4.39 Å². The molecule has 2 aromatic rings. The lowest BCUT2D eigenvalue weighted by molar-refractivity contribution is -0.152. The van der Waals surface area contributed by atoms with Crippen molar-refractivity contribution in [1.82, 2.24) is 15.5 Å². The third kappa shape index (κ3) is 5.95. The molecular weight excluding hydrogens is 465 g/mol. The minimum absolute atomic E-state index is 0.0479. The highest BCUT2D eigenvalue weighted by atomic mass is 19.1. The summed E-state index contributed by atoms with van der Waals surface area (Å²) in [4.78, 5) is 41.1. The van der Waals surface area contributed by atoms with E-state index in [1.165, 1.54) is 29.2 Å². The van der Waals surface area contributed by atoms with Crippen molar-refractivity contribution >= 4 is 17.7 Å². The van der Waals surface area contributed by atoms with Gasteiger partial charge in [0.15, 0.2) is 11.5 Å². The maximum Gasteiger partial charge on any atom is 0.313 e. The SMILES string of the molecule is CC(C)N(C(=O)C(=O)NC1CCCCC1)[C@@H](C(=O)NCc1ccc2c(c1)OCO2)c1ccc(F)cc1. The average Bonchev–Trinajstić information content (AvgIpc) is 3.34. The number of ether oxygens (including phenoxy) is 2. The minimum Gasteiger partial charge on any atom is -0.454 e. The van der Waals surface area contributed by atoms with Gasteiger partial charge in [0, 0.05) is 18.6 Å². The molecule has 1 aliphatic heterocycles. The van der Waals surface area contributed by atoms with Gasteiger partial charge in [-0.3, -0.25) is 14.4 Å². The molecule has 2 aliphatic rings. The van der Waals surface area contributed by atoms with E-state index in [9.17, 15) is 18.8 Å². The molecule has 1 atom stereocenters. The second-order valence-corrected chi connectivity index (χ2v) is 9.47. The molecule has 0 spiro atoms. The van der Waals surface area contributed by atoms with Gasteiger partial charge >= 0.3 is 11.8 Å². The monoisotopic (exact) mass is 497 g/mol. The van der Waals surface area contributed by atoms with Crippen molar-refractivity contribution in [3.8, 4) is 11.5 Å². The van der Waals surface area contributed by atoms with E-state index in [1.807, 2.05) is 6.07 Å². The van der Waals surface area contributed by atoms with Gasteiger partial charge in [-0.15, -0.1) is 0 Å². The Morgan fingerprint density at radius 1 is 1.00 bits per heavy atom. The van der Waals surface area contributed by atoms with E-state index in [0.29, 0.717) is 17.1 Å². The lowest BCUT2D eigenvalue weighted by Crippen LogP contribution is -2.53. The Morgan fingerprint density at radius 3 is 2.39 bits per heavy atom. The first-order valence-corrected chi connectivity index (χ1v) is 12.4. The van der Waals surface area contributed by atoms with E-state index in [2.05, 4.69) is 10.6 Å². The number of fused-ring (bicyclic) bond motifs is 1. The van der Waals surface area contributed by atoms with Gasteiger partial charge in [-0.05, 0) is 62.1 Å². The van der Waals surface area contributed by atoms with Crippen molar-refractivity contribution in [2.24, 2.45) is 0 Å². The zero-order valence-corrected chi connectivity index (χ0v) is 20.6. The molecule has 36 heavy (non-hydrogen) atoms. The summed E-state index contributed by atoms with van der Waals surface area (Å²) in [5.74, 6) is -1.23. The number of hydrogen-bond donors (Lipinski definition) is 2. The van der Waals surface area contributed by atoms with E-state index < -0.39 is 35.6 Å². The summed E-state index contributed by atoms with van der Waals surface area (Å²) >= 11 is 0. The molecule has 1 heterocycles. The highest BCUT2D eigenvalue weighted by molar-refractivity contribution is 6.35. The van der Waals surface area contributed by atoms with E-state index >= 15 is 0 Å². The molecule has 4 rings (SSSR count). The average molecular weight is 498 g/mol. The molecule has 1 saturated carbocycles. The topological polar surface area (TPSA) is 97.0 Å². The molecular formula is C27H32FN3O5. The van der Waals surface area contributed by atoms with Crippen LogP contribution in [0, 0.1) is 5.82 Å². The van der Waals surface area contributed by atoms with Crippen molar-refractivity contribution in [1.29, 1.82) is 0 Å². The van der Waals surface area contributed by atoms with Gasteiger partial charge in [-0.2, -0.15) is 0 Å². The van der Waals surface area contributed by atoms with Crippen molar-refractivity contribution in [3.05, 3.63) is 59.4 Å². The minimum atomic E-state index is -1.12. The second kappa shape index (κ2) is 11.4. The van der Waals surface area contributed by atoms with Gasteiger partial charge in [0.25, 0.3) is 0 Å². The number of halogens is 1. The smallest absolute Gasteiger partial charge is 0.313 e. The van der Waals surface area contributed by atoms with E-state index in [4.69, 9.17) is 9.47 Å². The molecule has 0 radical (unpaired) electrons. The van der Waals surface area contributed by atoms with Crippen LogP contribution in [0.15, 0.2) is 42.5 Å². The Labute approximate surface area is 210 Å². The lowest BCUT2D eigenvalue weighted by Gasteiger charge is -2.34. The predicted octanol–water partition coefficient (Wildman–Crippen LogP) is 3.60. The fraction of sp³-hybridized carbons (Fsp3) is 0.444. The zero-order valence-electron chi connectivity index (χ0n) is 20.6. The Kier molecular flexibility index (Phi) is 8.07. The van der Waals surface area contributed by atoms with Crippen LogP contribution in [-0.2, 0) is 20.9 Å². The van der Waals surface area contributed by atoms with Crippen LogP contribution < -0.4 is 20.1 Å². The van der Waals surface area contributed by atoms with Crippen molar-refractivity contribution in [3.63, 3.8) is 0 Å². The zero-order chi connectivity index (χ0) is 25.7. The quantitative estimate of drug-likeness (QED) is 0.570. The highest BCUT2D eigenvalue weighted by Gasteiger charge is 2.37. The number of nitrogens with zero attached hydrogens (tertiary/aromatic N) is 1. The number of carbonyl (C=O) groups excluding carboxylic acids is 3. The Bertz CT molecular complexity index is 1100. The number of hydrogen-bond acceptors (Lipinski definition) is 5. The fourth-order valence-corrected chi connectivity index (χ4v) is 4.68. The van der Waals surface area contributed by atoms with Gasteiger partial charge < -0.3 is 25.0 Å². The van der Waals surface area contributed by atoms with Crippen LogP contribution in [-0.4, -0.2) is 41.5 Å². The van der Waals surface area contributed by atoms with E-state index in [1.54, 1.807) is 26.0 Å². The molecule has 0 bridgehead atoms. The van der Waals surface area contributed by atoms with E-state index in [0.717, 1.165) is 37.7 Å². The molecule has 3 amide bonds. The second-order valence-electron chi connectivity index (χ2n) is 9.47. The van der Waals surface area contributed by atoms with Crippen LogP contribution in [0.5, 0.6) is 11.5 Å². The molecule has 0 unspecified atom stereocenters. The Hall–Kier alpha value is -3.62. The molecule has 1 aliphatic carbocycles. The number of carbonyl (C=O) groups is 3. The largest absolute Gasteiger partial charge is 0.454 e. The van der Waals surface area contributed by atoms with Gasteiger partial charge in [-0.1, -0.05) is 37.5 Å². The lowest BCUT2D eigenvalue weighted by atomic mass is 9.95. The van der Waals surface area contributed by atoms with Gasteiger partial charge in [-0.25, -0.2) is 4.39 Å². The molecule has 9 heteroatoms. The number of rotatable bonds is 7. The molecule has 8 nitrogen and oxygen atoms in total. The normalized spacial score (nSPS) is 15.9. The standard InChI is InChI=1S/C27H32FN3O5/c1-17(2)31(27(34)26(33)30-21-6-4-3-5-7-21)24(19-9-11-20(28)12-10-19)25(32)29-15-18-8-13-22-23(14-18)36-16-35-22/h8-14,17,21,24H,3-7,15-16H2,1-2H3,(H,29,32)(H,30,33)/t24-/m1/s1. The first-order chi connectivity index (χ1) is 17.3. The molecule has 192 valence electrons. The molecule has 2 aromatic carbocycles. The summed E-state index contributed by atoms with van der Waals surface area (Å²) in [5, 5.41) is 5.70.